The van der Waals surface area contributed by atoms with Crippen LogP contribution in [0.15, 0.2) is 58.5 Å². The molecule has 1 radical (unpaired) electrons. The first-order valence-corrected chi connectivity index (χ1v) is 7.91. The molecule has 0 amide bonds. The van der Waals surface area contributed by atoms with Crippen molar-refractivity contribution in [3.05, 3.63) is 67.0 Å². The van der Waals surface area contributed by atoms with Crippen molar-refractivity contribution < 1.29 is 12.8 Å². The molecule has 0 atom stereocenters. The second-order valence-electron chi connectivity index (χ2n) is 4.70. The number of aromatic amines is 1. The zero-order valence-corrected chi connectivity index (χ0v) is 12.0. The highest BCUT2D eigenvalue weighted by molar-refractivity contribution is 7.91. The Morgan fingerprint density at radius 2 is 1.90 bits per heavy atom. The topological polar surface area (TPSA) is 49.9 Å². The Hall–Kier alpha value is -2.14. The second-order valence-corrected chi connectivity index (χ2v) is 6.62. The summed E-state index contributed by atoms with van der Waals surface area (Å²) in [7, 11) is -3.78. The summed E-state index contributed by atoms with van der Waals surface area (Å²) in [6.45, 7) is 3.83. The smallest absolute Gasteiger partial charge is 0.208 e. The van der Waals surface area contributed by atoms with Crippen LogP contribution in [0.3, 0.4) is 0 Å². The van der Waals surface area contributed by atoms with Gasteiger partial charge >= 0.3 is 0 Å². The molecule has 0 aliphatic heterocycles. The monoisotopic (exact) mass is 302 g/mol. The van der Waals surface area contributed by atoms with Crippen molar-refractivity contribution in [2.45, 2.75) is 16.2 Å². The van der Waals surface area contributed by atoms with Gasteiger partial charge < -0.3 is 4.98 Å². The lowest BCUT2D eigenvalue weighted by atomic mass is 10.1. The van der Waals surface area contributed by atoms with Gasteiger partial charge in [0, 0.05) is 17.1 Å². The van der Waals surface area contributed by atoms with E-state index < -0.39 is 15.7 Å². The minimum atomic E-state index is -3.78. The van der Waals surface area contributed by atoms with Crippen molar-refractivity contribution in [2.75, 3.05) is 0 Å². The third-order valence-corrected chi connectivity index (χ3v) is 5.20. The van der Waals surface area contributed by atoms with E-state index in [4.69, 9.17) is 0 Å². The van der Waals surface area contributed by atoms with Crippen LogP contribution in [0.2, 0.25) is 0 Å². The van der Waals surface area contributed by atoms with Crippen LogP contribution < -0.4 is 0 Å². The van der Waals surface area contributed by atoms with E-state index in [1.165, 1.54) is 24.4 Å². The van der Waals surface area contributed by atoms with Gasteiger partial charge in [-0.1, -0.05) is 18.2 Å². The van der Waals surface area contributed by atoms with Gasteiger partial charge in [-0.15, -0.1) is 0 Å². The molecule has 3 rings (SSSR count). The molecule has 3 nitrogen and oxygen atoms in total. The normalized spacial score (nSPS) is 11.9. The number of fused-ring (bicyclic) bond motifs is 1. The largest absolute Gasteiger partial charge is 0.360 e. The fourth-order valence-corrected chi connectivity index (χ4v) is 3.91. The number of aromatic nitrogens is 1. The molecular formula is C16H13FNO2S. The van der Waals surface area contributed by atoms with Crippen LogP contribution in [0.25, 0.3) is 10.9 Å². The maximum absolute atomic E-state index is 13.3. The van der Waals surface area contributed by atoms with E-state index in [0.717, 1.165) is 17.1 Å². The molecule has 0 spiro atoms. The van der Waals surface area contributed by atoms with Crippen LogP contribution in [0.4, 0.5) is 4.39 Å². The van der Waals surface area contributed by atoms with Gasteiger partial charge in [0.15, 0.2) is 0 Å². The first kappa shape index (κ1) is 13.8. The molecule has 0 aliphatic rings. The molecule has 0 fully saturated rings. The molecule has 1 N–H and O–H groups in total. The average Bonchev–Trinajstić information content (AvgIpc) is 2.91. The molecule has 2 aromatic carbocycles. The summed E-state index contributed by atoms with van der Waals surface area (Å²) >= 11 is 0. The highest BCUT2D eigenvalue weighted by atomic mass is 32.2. The van der Waals surface area contributed by atoms with Crippen LogP contribution in [-0.4, -0.2) is 13.4 Å². The number of H-pyrrole nitrogens is 1. The summed E-state index contributed by atoms with van der Waals surface area (Å²) in [6, 6.07) is 10.5. The zero-order valence-electron chi connectivity index (χ0n) is 11.1. The molecule has 107 valence electrons. The predicted octanol–water partition coefficient (Wildman–Crippen LogP) is 3.52. The molecule has 1 heterocycles. The Balaban J connectivity index is 2.29. The van der Waals surface area contributed by atoms with E-state index in [1.807, 2.05) is 12.1 Å². The van der Waals surface area contributed by atoms with Gasteiger partial charge in [0.05, 0.1) is 9.79 Å². The standard InChI is InChI=1S/C16H13FNO2S/c1-2-11-5-3-8-14-16(11)15(10-18-14)21(19,20)13-7-4-6-12(17)9-13/h3-10,18H,1-2H2. The van der Waals surface area contributed by atoms with Crippen LogP contribution in [0, 0.1) is 12.7 Å². The third kappa shape index (κ3) is 2.23. The summed E-state index contributed by atoms with van der Waals surface area (Å²) in [5.74, 6) is -0.576. The highest BCUT2D eigenvalue weighted by Gasteiger charge is 2.23. The quantitative estimate of drug-likeness (QED) is 0.805. The zero-order chi connectivity index (χ0) is 15.0. The Bertz CT molecular complexity index is 913. The number of sulfone groups is 1. The van der Waals surface area contributed by atoms with Crippen molar-refractivity contribution in [1.82, 2.24) is 4.98 Å². The van der Waals surface area contributed by atoms with Gasteiger partial charge in [-0.25, -0.2) is 12.8 Å². The summed E-state index contributed by atoms with van der Waals surface area (Å²) in [4.78, 5) is 3.05. The first-order valence-electron chi connectivity index (χ1n) is 6.43. The highest BCUT2D eigenvalue weighted by Crippen LogP contribution is 2.31. The van der Waals surface area contributed by atoms with Crippen molar-refractivity contribution >= 4 is 20.7 Å². The van der Waals surface area contributed by atoms with E-state index in [0.29, 0.717) is 11.8 Å². The Morgan fingerprint density at radius 3 is 2.62 bits per heavy atom. The molecule has 5 heteroatoms. The van der Waals surface area contributed by atoms with Crippen LogP contribution in [-0.2, 0) is 16.3 Å². The third-order valence-electron chi connectivity index (χ3n) is 3.42. The van der Waals surface area contributed by atoms with Gasteiger partial charge in [0.2, 0.25) is 9.84 Å². The van der Waals surface area contributed by atoms with Gasteiger partial charge in [-0.2, -0.15) is 0 Å². The van der Waals surface area contributed by atoms with Crippen LogP contribution >= 0.6 is 0 Å². The lowest BCUT2D eigenvalue weighted by molar-refractivity contribution is 0.591. The molecular weight excluding hydrogens is 289 g/mol. The van der Waals surface area contributed by atoms with E-state index >= 15 is 0 Å². The minimum Gasteiger partial charge on any atom is -0.360 e. The molecule has 1 aromatic heterocycles. The first-order chi connectivity index (χ1) is 10.0. The number of halogens is 1. The number of benzene rings is 2. The average molecular weight is 302 g/mol. The molecule has 21 heavy (non-hydrogen) atoms. The summed E-state index contributed by atoms with van der Waals surface area (Å²) in [5, 5.41) is 0.622. The van der Waals surface area contributed by atoms with E-state index in [-0.39, 0.29) is 9.79 Å². The van der Waals surface area contributed by atoms with Gasteiger partial charge in [-0.05, 0) is 43.2 Å². The van der Waals surface area contributed by atoms with Crippen LogP contribution in [0.1, 0.15) is 5.56 Å². The minimum absolute atomic E-state index is 0.0535. The lowest BCUT2D eigenvalue weighted by Crippen LogP contribution is -2.02. The van der Waals surface area contributed by atoms with Crippen molar-refractivity contribution in [2.24, 2.45) is 0 Å². The Morgan fingerprint density at radius 1 is 1.14 bits per heavy atom. The van der Waals surface area contributed by atoms with Crippen molar-refractivity contribution in [1.29, 1.82) is 0 Å². The fourth-order valence-electron chi connectivity index (χ4n) is 2.41. The fraction of sp³-hybridized carbons (Fsp3) is 0.0625. The summed E-state index contributed by atoms with van der Waals surface area (Å²) in [5.41, 5.74) is 1.56. The van der Waals surface area contributed by atoms with Crippen molar-refractivity contribution in [3.8, 4) is 0 Å². The molecule has 0 bridgehead atoms. The van der Waals surface area contributed by atoms with Gasteiger partial charge in [0.1, 0.15) is 5.82 Å². The maximum atomic E-state index is 13.3. The van der Waals surface area contributed by atoms with Gasteiger partial charge in [-0.3, -0.25) is 0 Å². The molecule has 3 aromatic rings. The number of rotatable bonds is 3. The van der Waals surface area contributed by atoms with E-state index in [1.54, 1.807) is 6.07 Å². The molecule has 0 saturated heterocycles. The SMILES string of the molecule is [CH2]Cc1cccc2[nH]cc(S(=O)(=O)c3cccc(F)c3)c12. The number of hydrogen-bond donors (Lipinski definition) is 1. The van der Waals surface area contributed by atoms with Crippen molar-refractivity contribution in [3.63, 3.8) is 0 Å². The summed E-state index contributed by atoms with van der Waals surface area (Å²) < 4.78 is 38.8. The Labute approximate surface area is 122 Å². The molecule has 0 aliphatic carbocycles. The van der Waals surface area contributed by atoms with E-state index in [9.17, 15) is 12.8 Å². The van der Waals surface area contributed by atoms with Gasteiger partial charge in [0.25, 0.3) is 0 Å². The molecule has 0 unspecified atom stereocenters. The number of hydrogen-bond acceptors (Lipinski definition) is 2. The Kier molecular flexibility index (Phi) is 3.29. The number of nitrogens with one attached hydrogen (secondary N) is 1. The second kappa shape index (κ2) is 5.00. The summed E-state index contributed by atoms with van der Waals surface area (Å²) in [6.07, 6.45) is 1.92. The lowest BCUT2D eigenvalue weighted by Gasteiger charge is -2.06. The maximum Gasteiger partial charge on any atom is 0.208 e. The van der Waals surface area contributed by atoms with E-state index in [2.05, 4.69) is 11.9 Å². The molecule has 0 saturated carbocycles. The predicted molar refractivity (Wildman–Crippen MR) is 79.2 cm³/mol. The van der Waals surface area contributed by atoms with Crippen LogP contribution in [0.5, 0.6) is 0 Å².